The minimum Gasteiger partial charge on any atom is -1.00 e. The van der Waals surface area contributed by atoms with Crippen molar-refractivity contribution < 1.29 is 62.5 Å². The molecule has 6 rings (SSSR count). The van der Waals surface area contributed by atoms with E-state index in [1.54, 1.807) is 0 Å². The number of pyridine rings is 1. The second-order valence-electron chi connectivity index (χ2n) is 14.7. The maximum atomic E-state index is 5.01. The van der Waals surface area contributed by atoms with E-state index >= 15 is 0 Å². The van der Waals surface area contributed by atoms with E-state index in [1.165, 1.54) is 60.8 Å². The Kier molecular flexibility index (Phi) is 27.3. The molecule has 0 bridgehead atoms. The quantitative estimate of drug-likeness (QED) is 0.202. The Morgan fingerprint density at radius 3 is 0.944 bits per heavy atom. The van der Waals surface area contributed by atoms with Gasteiger partial charge < -0.3 is 37.3 Å². The summed E-state index contributed by atoms with van der Waals surface area (Å²) in [7, 11) is 0. The van der Waals surface area contributed by atoms with Gasteiger partial charge in [-0.1, -0.05) is 120 Å². The van der Waals surface area contributed by atoms with Crippen molar-refractivity contribution in [1.29, 1.82) is 0 Å². The van der Waals surface area contributed by atoms with Crippen molar-refractivity contribution in [2.45, 2.75) is 118 Å². The predicted molar refractivity (Wildman–Crippen MR) is 218 cm³/mol. The summed E-state index contributed by atoms with van der Waals surface area (Å²) >= 11 is 0. The van der Waals surface area contributed by atoms with Gasteiger partial charge in [-0.2, -0.15) is 0 Å². The molecule has 4 heterocycles. The van der Waals surface area contributed by atoms with Crippen LogP contribution in [0.25, 0.3) is 22.0 Å². The van der Waals surface area contributed by atoms with Crippen molar-refractivity contribution in [3.8, 4) is 0 Å². The number of para-hydroxylation sites is 2. The van der Waals surface area contributed by atoms with Gasteiger partial charge in [0.2, 0.25) is 0 Å². The Hall–Kier alpha value is -2.04. The number of hydrogen-bond acceptors (Lipinski definition) is 4. The molecule has 0 saturated carbocycles. The van der Waals surface area contributed by atoms with Crippen LogP contribution < -0.4 is 31.3 Å². The molecule has 3 saturated heterocycles. The van der Waals surface area contributed by atoms with E-state index in [0.29, 0.717) is 35.1 Å². The zero-order valence-electron chi connectivity index (χ0n) is 34.7. The summed E-state index contributed by atoms with van der Waals surface area (Å²) < 4.78 is 14.8. The molecule has 0 unspecified atom stereocenters. The summed E-state index contributed by atoms with van der Waals surface area (Å²) in [6, 6.07) is 18.8. The van der Waals surface area contributed by atoms with Crippen molar-refractivity contribution in [2.24, 2.45) is 0 Å². The molecule has 0 spiro atoms. The summed E-state index contributed by atoms with van der Waals surface area (Å²) in [4.78, 5) is 4.88. The van der Waals surface area contributed by atoms with E-state index < -0.39 is 0 Å². The van der Waals surface area contributed by atoms with E-state index in [4.69, 9.17) is 29.8 Å². The number of halogens is 1. The van der Waals surface area contributed by atoms with Crippen LogP contribution in [0.3, 0.4) is 0 Å². The Balaban J connectivity index is 0.00000128. The van der Waals surface area contributed by atoms with Crippen LogP contribution in [0.2, 0.25) is 0 Å². The summed E-state index contributed by atoms with van der Waals surface area (Å²) in [5.41, 5.74) is 9.68. The second kappa shape index (κ2) is 28.4. The zero-order chi connectivity index (χ0) is 37.2. The van der Waals surface area contributed by atoms with Gasteiger partial charge in [0.25, 0.3) is 0 Å². The third kappa shape index (κ3) is 17.4. The standard InChI is InChI=1S/C33H41N3.3C4H8O.ClH.Fe.Li/c1-20(2)26-14-11-15-27(21(3)4)32(26)34-24(9)30-18-13-19-31(36-30)25(10)35-33-28(22(5)6)16-12-17-29(33)23(7)8;3*1-2-4-5-3-1;;;/h11-23H,9-10H2,1-8H3;3*1-4H2;1H;;/q-2;;;;;+2;+1/p-1. The fourth-order valence-corrected chi connectivity index (χ4v) is 5.95. The number of aromatic nitrogens is 1. The molecule has 2 aromatic carbocycles. The van der Waals surface area contributed by atoms with E-state index in [-0.39, 0.29) is 48.3 Å². The minimum absolute atomic E-state index is 0. The Bertz CT molecular complexity index is 1310. The summed E-state index contributed by atoms with van der Waals surface area (Å²) in [5, 5.41) is 10.0. The molecule has 0 N–H and O–H groups in total. The first kappa shape index (κ1) is 52.0. The smallest absolute Gasteiger partial charge is 1.00 e. The van der Waals surface area contributed by atoms with Gasteiger partial charge >= 0.3 is 35.9 Å². The molecule has 3 aromatic rings. The number of hydrogen-bond donors (Lipinski definition) is 0. The van der Waals surface area contributed by atoms with Crippen molar-refractivity contribution in [3.05, 3.63) is 112 Å². The average Bonchev–Trinajstić information content (AvgIpc) is 3.96. The fraction of sp³-hybridized carbons (Fsp3) is 0.533. The number of rotatable bonds is 10. The maximum Gasteiger partial charge on any atom is 2.00 e. The molecule has 0 amide bonds. The molecule has 3 fully saturated rings. The Morgan fingerprint density at radius 2 is 0.741 bits per heavy atom. The first-order valence-corrected chi connectivity index (χ1v) is 19.3. The fourth-order valence-electron chi connectivity index (χ4n) is 5.95. The first-order valence-electron chi connectivity index (χ1n) is 19.3. The van der Waals surface area contributed by atoms with Gasteiger partial charge in [0, 0.05) is 51.0 Å². The normalized spacial score (nSPS) is 14.3. The van der Waals surface area contributed by atoms with Crippen LogP contribution in [0.1, 0.15) is 151 Å². The van der Waals surface area contributed by atoms with Gasteiger partial charge in [-0.3, -0.25) is 4.98 Å². The number of benzene rings is 2. The third-order valence-corrected chi connectivity index (χ3v) is 9.00. The van der Waals surface area contributed by atoms with Crippen molar-refractivity contribution in [3.63, 3.8) is 0 Å². The van der Waals surface area contributed by atoms with Crippen LogP contribution >= 0.6 is 0 Å². The van der Waals surface area contributed by atoms with Gasteiger partial charge in [-0.05, 0) is 74.3 Å². The van der Waals surface area contributed by atoms with Gasteiger partial charge in [0.05, 0.1) is 0 Å². The van der Waals surface area contributed by atoms with E-state index in [9.17, 15) is 0 Å². The minimum atomic E-state index is 0. The molecule has 0 atom stereocenters. The zero-order valence-corrected chi connectivity index (χ0v) is 36.6. The molecular weight excluding hydrogens is 729 g/mol. The molecule has 0 aliphatic carbocycles. The Morgan fingerprint density at radius 1 is 0.500 bits per heavy atom. The van der Waals surface area contributed by atoms with Gasteiger partial charge in [-0.15, -0.1) is 35.9 Å². The molecular formula is C45H65ClFeLiN3O3. The first-order chi connectivity index (χ1) is 24.5. The average molecular weight is 794 g/mol. The summed E-state index contributed by atoms with van der Waals surface area (Å²) in [6.45, 7) is 32.2. The number of nitrogens with zero attached hydrogens (tertiary/aromatic N) is 3. The van der Waals surface area contributed by atoms with E-state index in [0.717, 1.165) is 62.4 Å². The molecule has 0 radical (unpaired) electrons. The second-order valence-corrected chi connectivity index (χ2v) is 14.7. The van der Waals surface area contributed by atoms with E-state index in [2.05, 4.69) is 105 Å². The molecule has 294 valence electrons. The van der Waals surface area contributed by atoms with Crippen molar-refractivity contribution in [2.75, 3.05) is 39.6 Å². The number of ether oxygens (including phenoxy) is 3. The molecule has 9 heteroatoms. The summed E-state index contributed by atoms with van der Waals surface area (Å²) in [5.74, 6) is 1.46. The Labute approximate surface area is 357 Å². The van der Waals surface area contributed by atoms with Crippen LogP contribution in [0, 0.1) is 0 Å². The molecule has 54 heavy (non-hydrogen) atoms. The predicted octanol–water partition coefficient (Wildman–Crippen LogP) is 7.32. The van der Waals surface area contributed by atoms with Crippen LogP contribution in [0.15, 0.2) is 67.8 Å². The molecule has 1 aromatic heterocycles. The van der Waals surface area contributed by atoms with Crippen molar-refractivity contribution in [1.82, 2.24) is 4.98 Å². The third-order valence-electron chi connectivity index (χ3n) is 9.00. The maximum absolute atomic E-state index is 5.01. The molecule has 6 nitrogen and oxygen atoms in total. The van der Waals surface area contributed by atoms with Crippen LogP contribution in [-0.2, 0) is 31.3 Å². The molecule has 3 aliphatic rings. The topological polar surface area (TPSA) is 68.8 Å². The summed E-state index contributed by atoms with van der Waals surface area (Å²) in [6.07, 6.45) is 7.67. The van der Waals surface area contributed by atoms with E-state index in [1.807, 2.05) is 18.2 Å². The monoisotopic (exact) mass is 793 g/mol. The molecule has 3 aliphatic heterocycles. The largest absolute Gasteiger partial charge is 2.00 e. The van der Waals surface area contributed by atoms with Crippen LogP contribution in [0.4, 0.5) is 11.4 Å². The van der Waals surface area contributed by atoms with Crippen molar-refractivity contribution >= 4 is 22.8 Å². The SMILES string of the molecule is C1CCOC1.C1CCOC1.C1CCOC1.C=C([N-]c1c(C(C)C)cccc1C(C)C)c1cccc(C(=C)[N-]c2c(C(C)C)cccc2C(C)C)n1.[Cl-].[Fe+2].[Li+]. The van der Waals surface area contributed by atoms with Gasteiger partial charge in [0.15, 0.2) is 0 Å². The van der Waals surface area contributed by atoms with Crippen LogP contribution in [0.5, 0.6) is 0 Å². The van der Waals surface area contributed by atoms with Gasteiger partial charge in [0.1, 0.15) is 0 Å². The van der Waals surface area contributed by atoms with Crippen LogP contribution in [-0.4, -0.2) is 44.6 Å². The van der Waals surface area contributed by atoms with Gasteiger partial charge in [-0.25, -0.2) is 0 Å².